The Bertz CT molecular complexity index is 395. The van der Waals surface area contributed by atoms with E-state index in [0.717, 1.165) is 32.1 Å². The van der Waals surface area contributed by atoms with Crippen molar-refractivity contribution in [3.8, 4) is 0 Å². The van der Waals surface area contributed by atoms with Crippen LogP contribution in [0.1, 0.15) is 72.1 Å². The summed E-state index contributed by atoms with van der Waals surface area (Å²) in [5.74, 6) is -0.237. The third kappa shape index (κ3) is 4.82. The van der Waals surface area contributed by atoms with Crippen molar-refractivity contribution in [1.29, 1.82) is 0 Å². The third-order valence-corrected chi connectivity index (χ3v) is 4.25. The average molecular weight is 310 g/mol. The number of nitrogens with zero attached hydrogens (tertiary/aromatic N) is 2. The van der Waals surface area contributed by atoms with Gasteiger partial charge in [-0.15, -0.1) is 0 Å². The van der Waals surface area contributed by atoms with E-state index in [1.807, 2.05) is 13.8 Å². The van der Waals surface area contributed by atoms with Gasteiger partial charge in [0.1, 0.15) is 6.04 Å². The highest BCUT2D eigenvalue weighted by Crippen LogP contribution is 2.20. The zero-order valence-electron chi connectivity index (χ0n) is 14.3. The predicted molar refractivity (Wildman–Crippen MR) is 86.2 cm³/mol. The molecule has 1 rings (SSSR count). The molecule has 1 atom stereocenters. The van der Waals surface area contributed by atoms with Crippen molar-refractivity contribution in [3.05, 3.63) is 0 Å². The van der Waals surface area contributed by atoms with Crippen LogP contribution in [0.5, 0.6) is 0 Å². The highest BCUT2D eigenvalue weighted by Gasteiger charge is 2.38. The summed E-state index contributed by atoms with van der Waals surface area (Å²) in [7, 11) is 0. The van der Waals surface area contributed by atoms with Crippen LogP contribution in [-0.4, -0.2) is 46.7 Å². The van der Waals surface area contributed by atoms with E-state index in [1.165, 1.54) is 4.90 Å². The first-order valence-corrected chi connectivity index (χ1v) is 8.70. The van der Waals surface area contributed by atoms with E-state index in [4.69, 9.17) is 0 Å². The maximum absolute atomic E-state index is 12.6. The first-order chi connectivity index (χ1) is 10.6. The molecule has 22 heavy (non-hydrogen) atoms. The smallest absolute Gasteiger partial charge is 0.251 e. The molecule has 1 aliphatic rings. The van der Waals surface area contributed by atoms with Crippen molar-refractivity contribution >= 4 is 17.7 Å². The number of carbonyl (C=O) groups is 3. The van der Waals surface area contributed by atoms with Crippen LogP contribution >= 0.6 is 0 Å². The summed E-state index contributed by atoms with van der Waals surface area (Å²) in [5.41, 5.74) is 0. The van der Waals surface area contributed by atoms with Crippen molar-refractivity contribution in [3.63, 3.8) is 0 Å². The van der Waals surface area contributed by atoms with Crippen LogP contribution in [0.25, 0.3) is 0 Å². The molecule has 1 saturated heterocycles. The van der Waals surface area contributed by atoms with Crippen molar-refractivity contribution < 1.29 is 14.4 Å². The van der Waals surface area contributed by atoms with E-state index in [-0.39, 0.29) is 17.7 Å². The molecule has 0 radical (unpaired) electrons. The average Bonchev–Trinajstić information content (AvgIpc) is 2.50. The van der Waals surface area contributed by atoms with Crippen LogP contribution in [0, 0.1) is 0 Å². The number of rotatable bonds is 9. The summed E-state index contributed by atoms with van der Waals surface area (Å²) in [4.78, 5) is 39.9. The van der Waals surface area contributed by atoms with Gasteiger partial charge in [0.25, 0.3) is 5.91 Å². The van der Waals surface area contributed by atoms with Crippen LogP contribution in [0.2, 0.25) is 0 Å². The van der Waals surface area contributed by atoms with Gasteiger partial charge < -0.3 is 4.90 Å². The molecule has 0 spiro atoms. The fraction of sp³-hybridized carbons (Fsp3) is 0.824. The number of hydrogen-bond acceptors (Lipinski definition) is 3. The molecule has 0 saturated carbocycles. The molecule has 1 aliphatic heterocycles. The van der Waals surface area contributed by atoms with Gasteiger partial charge in [-0.05, 0) is 26.2 Å². The Morgan fingerprint density at radius 3 is 2.41 bits per heavy atom. The SMILES string of the molecule is CCCCCC(=O)N(CC)C1CCC(=O)N(CCCC)C1=O. The van der Waals surface area contributed by atoms with Crippen molar-refractivity contribution in [1.82, 2.24) is 9.80 Å². The van der Waals surface area contributed by atoms with E-state index in [2.05, 4.69) is 6.92 Å². The van der Waals surface area contributed by atoms with E-state index >= 15 is 0 Å². The van der Waals surface area contributed by atoms with Crippen LogP contribution < -0.4 is 0 Å². The molecule has 126 valence electrons. The number of piperidine rings is 1. The lowest BCUT2D eigenvalue weighted by molar-refractivity contribution is -0.157. The van der Waals surface area contributed by atoms with Gasteiger partial charge in [0.05, 0.1) is 0 Å². The van der Waals surface area contributed by atoms with Crippen LogP contribution in [0.4, 0.5) is 0 Å². The molecular weight excluding hydrogens is 280 g/mol. The van der Waals surface area contributed by atoms with E-state index < -0.39 is 6.04 Å². The molecule has 0 aromatic carbocycles. The number of likely N-dealkylation sites (tertiary alicyclic amines) is 1. The molecule has 0 aliphatic carbocycles. The molecule has 1 unspecified atom stereocenters. The zero-order valence-corrected chi connectivity index (χ0v) is 14.3. The zero-order chi connectivity index (χ0) is 16.5. The molecule has 0 bridgehead atoms. The summed E-state index contributed by atoms with van der Waals surface area (Å²) in [5, 5.41) is 0. The Kier molecular flexibility index (Phi) is 8.13. The minimum Gasteiger partial charge on any atom is -0.331 e. The minimum atomic E-state index is -0.450. The second kappa shape index (κ2) is 9.59. The second-order valence-electron chi connectivity index (χ2n) is 5.93. The number of unbranched alkanes of at least 4 members (excludes halogenated alkanes) is 3. The second-order valence-corrected chi connectivity index (χ2v) is 5.93. The number of carbonyl (C=O) groups excluding carboxylic acids is 3. The van der Waals surface area contributed by atoms with Gasteiger partial charge in [-0.1, -0.05) is 33.1 Å². The lowest BCUT2D eigenvalue weighted by atomic mass is 10.0. The van der Waals surface area contributed by atoms with Gasteiger partial charge in [-0.3, -0.25) is 19.3 Å². The molecule has 0 N–H and O–H groups in total. The molecule has 3 amide bonds. The Hall–Kier alpha value is -1.39. The number of hydrogen-bond donors (Lipinski definition) is 0. The van der Waals surface area contributed by atoms with Crippen LogP contribution in [0.3, 0.4) is 0 Å². The molecule has 0 aromatic rings. The summed E-state index contributed by atoms with van der Waals surface area (Å²) < 4.78 is 0. The molecule has 1 heterocycles. The maximum Gasteiger partial charge on any atom is 0.251 e. The van der Waals surface area contributed by atoms with Crippen molar-refractivity contribution in [2.24, 2.45) is 0 Å². The fourth-order valence-electron chi connectivity index (χ4n) is 2.90. The standard InChI is InChI=1S/C17H30N2O3/c1-4-7-9-10-15(20)18(6-3)14-11-12-16(21)19(17(14)22)13-8-5-2/h14H,4-13H2,1-3H3. The first-order valence-electron chi connectivity index (χ1n) is 8.70. The molecule has 1 fully saturated rings. The number of likely N-dealkylation sites (N-methyl/N-ethyl adjacent to an activating group) is 1. The van der Waals surface area contributed by atoms with Gasteiger partial charge in [0.15, 0.2) is 0 Å². The van der Waals surface area contributed by atoms with Crippen LogP contribution in [0.15, 0.2) is 0 Å². The van der Waals surface area contributed by atoms with E-state index in [0.29, 0.717) is 32.4 Å². The van der Waals surface area contributed by atoms with Crippen molar-refractivity contribution in [2.75, 3.05) is 13.1 Å². The fourth-order valence-corrected chi connectivity index (χ4v) is 2.90. The van der Waals surface area contributed by atoms with Gasteiger partial charge >= 0.3 is 0 Å². The predicted octanol–water partition coefficient (Wildman–Crippen LogP) is 2.73. The highest BCUT2D eigenvalue weighted by molar-refractivity contribution is 6.01. The highest BCUT2D eigenvalue weighted by atomic mass is 16.2. The summed E-state index contributed by atoms with van der Waals surface area (Å²) in [6.45, 7) is 7.04. The quantitative estimate of drug-likeness (QED) is 0.486. The Morgan fingerprint density at radius 2 is 1.82 bits per heavy atom. The number of amides is 3. The van der Waals surface area contributed by atoms with Gasteiger partial charge in [-0.2, -0.15) is 0 Å². The van der Waals surface area contributed by atoms with E-state index in [1.54, 1.807) is 4.90 Å². The molecule has 5 nitrogen and oxygen atoms in total. The summed E-state index contributed by atoms with van der Waals surface area (Å²) >= 11 is 0. The van der Waals surface area contributed by atoms with E-state index in [9.17, 15) is 14.4 Å². The Morgan fingerprint density at radius 1 is 1.14 bits per heavy atom. The largest absolute Gasteiger partial charge is 0.331 e. The molecular formula is C17H30N2O3. The Balaban J connectivity index is 2.72. The Labute approximate surface area is 134 Å². The van der Waals surface area contributed by atoms with Gasteiger partial charge in [0, 0.05) is 25.9 Å². The maximum atomic E-state index is 12.6. The van der Waals surface area contributed by atoms with Gasteiger partial charge in [0.2, 0.25) is 11.8 Å². The van der Waals surface area contributed by atoms with Gasteiger partial charge in [-0.25, -0.2) is 0 Å². The summed E-state index contributed by atoms with van der Waals surface area (Å²) in [6.07, 6.45) is 6.05. The normalized spacial score (nSPS) is 18.7. The van der Waals surface area contributed by atoms with Crippen molar-refractivity contribution in [2.45, 2.75) is 78.2 Å². The minimum absolute atomic E-state index is 0.0408. The molecule has 0 aromatic heterocycles. The van der Waals surface area contributed by atoms with Crippen LogP contribution in [-0.2, 0) is 14.4 Å². The lowest BCUT2D eigenvalue weighted by Crippen LogP contribution is -2.56. The number of imide groups is 1. The first kappa shape index (κ1) is 18.7. The summed E-state index contributed by atoms with van der Waals surface area (Å²) in [6, 6.07) is -0.450. The molecule has 5 heteroatoms. The lowest BCUT2D eigenvalue weighted by Gasteiger charge is -2.37. The third-order valence-electron chi connectivity index (χ3n) is 4.25. The topological polar surface area (TPSA) is 57.7 Å². The monoisotopic (exact) mass is 310 g/mol.